The van der Waals surface area contributed by atoms with Gasteiger partial charge in [-0.1, -0.05) is 42.5 Å². The Balaban J connectivity index is 1.56. The second kappa shape index (κ2) is 7.01. The number of halogens is 1. The van der Waals surface area contributed by atoms with Crippen molar-refractivity contribution in [1.82, 2.24) is 10.6 Å². The zero-order chi connectivity index (χ0) is 17.0. The normalized spacial score (nSPS) is 16.2. The van der Waals surface area contributed by atoms with Crippen molar-refractivity contribution in [2.75, 3.05) is 13.2 Å². The van der Waals surface area contributed by atoms with E-state index in [0.29, 0.717) is 6.54 Å². The van der Waals surface area contributed by atoms with E-state index in [4.69, 9.17) is 0 Å². The molecule has 0 saturated heterocycles. The van der Waals surface area contributed by atoms with Crippen LogP contribution in [0.1, 0.15) is 30.0 Å². The lowest BCUT2D eigenvalue weighted by Gasteiger charge is -2.20. The summed E-state index contributed by atoms with van der Waals surface area (Å²) in [5.74, 6) is -0.256. The Bertz CT molecular complexity index is 684. The summed E-state index contributed by atoms with van der Waals surface area (Å²) in [6, 6.07) is 15.1. The van der Waals surface area contributed by atoms with Gasteiger partial charge in [0, 0.05) is 12.0 Å². The first kappa shape index (κ1) is 16.5. The minimum atomic E-state index is -0.438. The molecule has 0 aliphatic heterocycles. The Labute approximate surface area is 140 Å². The summed E-state index contributed by atoms with van der Waals surface area (Å²) in [5, 5.41) is 15.2. The van der Waals surface area contributed by atoms with Gasteiger partial charge in [-0.25, -0.2) is 9.18 Å². The van der Waals surface area contributed by atoms with Crippen LogP contribution in [-0.4, -0.2) is 24.3 Å². The van der Waals surface area contributed by atoms with E-state index in [2.05, 4.69) is 10.6 Å². The number of benzene rings is 2. The highest BCUT2D eigenvalue weighted by Crippen LogP contribution is 2.47. The van der Waals surface area contributed by atoms with E-state index in [1.807, 2.05) is 30.3 Å². The smallest absolute Gasteiger partial charge is 0.315 e. The molecule has 1 aliphatic carbocycles. The van der Waals surface area contributed by atoms with Crippen molar-refractivity contribution in [3.05, 3.63) is 71.5 Å². The lowest BCUT2D eigenvalue weighted by molar-refractivity contribution is 0.216. The second-order valence-corrected chi connectivity index (χ2v) is 6.26. The van der Waals surface area contributed by atoms with E-state index in [1.54, 1.807) is 12.1 Å². The van der Waals surface area contributed by atoms with Gasteiger partial charge in [0.15, 0.2) is 0 Å². The predicted octanol–water partition coefficient (Wildman–Crippen LogP) is 2.89. The van der Waals surface area contributed by atoms with Gasteiger partial charge in [0.2, 0.25) is 0 Å². The molecular formula is C19H21FN2O2. The number of rotatable bonds is 6. The molecule has 0 spiro atoms. The molecule has 0 heterocycles. The quantitative estimate of drug-likeness (QED) is 0.763. The molecule has 0 aromatic heterocycles. The van der Waals surface area contributed by atoms with Gasteiger partial charge in [-0.3, -0.25) is 0 Å². The first-order valence-electron chi connectivity index (χ1n) is 8.09. The molecule has 24 heavy (non-hydrogen) atoms. The van der Waals surface area contributed by atoms with Gasteiger partial charge < -0.3 is 15.7 Å². The average Bonchev–Trinajstić information content (AvgIpc) is 3.40. The van der Waals surface area contributed by atoms with Gasteiger partial charge in [0.1, 0.15) is 5.82 Å². The van der Waals surface area contributed by atoms with Crippen molar-refractivity contribution in [2.24, 2.45) is 0 Å². The number of hydrogen-bond acceptors (Lipinski definition) is 2. The highest BCUT2D eigenvalue weighted by molar-refractivity contribution is 5.74. The van der Waals surface area contributed by atoms with Crippen LogP contribution in [0.4, 0.5) is 9.18 Å². The summed E-state index contributed by atoms with van der Waals surface area (Å²) in [6.45, 7) is 0.331. The Kier molecular flexibility index (Phi) is 4.81. The van der Waals surface area contributed by atoms with Crippen LogP contribution in [0.25, 0.3) is 0 Å². The van der Waals surface area contributed by atoms with Crippen LogP contribution >= 0.6 is 0 Å². The highest BCUT2D eigenvalue weighted by atomic mass is 19.1. The fraction of sp³-hybridized carbons (Fsp3) is 0.316. The molecule has 1 fully saturated rings. The number of aliphatic hydroxyl groups excluding tert-OH is 1. The Morgan fingerprint density at radius 1 is 1.12 bits per heavy atom. The van der Waals surface area contributed by atoms with Crippen molar-refractivity contribution in [1.29, 1.82) is 0 Å². The van der Waals surface area contributed by atoms with Crippen LogP contribution in [0.5, 0.6) is 0 Å². The highest BCUT2D eigenvalue weighted by Gasteiger charge is 2.44. The first-order valence-corrected chi connectivity index (χ1v) is 8.09. The number of carbonyl (C=O) groups excluding carboxylic acids is 1. The zero-order valence-corrected chi connectivity index (χ0v) is 13.3. The summed E-state index contributed by atoms with van der Waals surface area (Å²) in [7, 11) is 0. The molecule has 1 aliphatic rings. The predicted molar refractivity (Wildman–Crippen MR) is 90.1 cm³/mol. The van der Waals surface area contributed by atoms with E-state index in [9.17, 15) is 14.3 Å². The SMILES string of the molecule is O=C(NCC1(c2ccc(F)cc2)CC1)N[C@H](CO)c1ccccc1. The van der Waals surface area contributed by atoms with Gasteiger partial charge in [-0.15, -0.1) is 0 Å². The Morgan fingerprint density at radius 2 is 1.79 bits per heavy atom. The minimum Gasteiger partial charge on any atom is -0.394 e. The molecule has 2 amide bonds. The Morgan fingerprint density at radius 3 is 2.38 bits per heavy atom. The van der Waals surface area contributed by atoms with Crippen LogP contribution in [0.2, 0.25) is 0 Å². The monoisotopic (exact) mass is 328 g/mol. The number of urea groups is 1. The molecule has 2 aromatic rings. The largest absolute Gasteiger partial charge is 0.394 e. The molecule has 5 heteroatoms. The molecule has 1 atom stereocenters. The van der Waals surface area contributed by atoms with E-state index in [0.717, 1.165) is 24.0 Å². The number of carbonyl (C=O) groups is 1. The summed E-state index contributed by atoms with van der Waals surface area (Å²) < 4.78 is 13.0. The number of aliphatic hydroxyl groups is 1. The summed E-state index contributed by atoms with van der Waals surface area (Å²) in [4.78, 5) is 12.2. The van der Waals surface area contributed by atoms with Crippen LogP contribution in [-0.2, 0) is 5.41 Å². The molecule has 3 rings (SSSR count). The molecular weight excluding hydrogens is 307 g/mol. The Hall–Kier alpha value is -2.40. The first-order chi connectivity index (χ1) is 11.6. The fourth-order valence-electron chi connectivity index (χ4n) is 2.90. The van der Waals surface area contributed by atoms with E-state index in [-0.39, 0.29) is 23.9 Å². The van der Waals surface area contributed by atoms with Gasteiger partial charge >= 0.3 is 6.03 Å². The summed E-state index contributed by atoms with van der Waals surface area (Å²) in [6.07, 6.45) is 1.95. The van der Waals surface area contributed by atoms with E-state index >= 15 is 0 Å². The van der Waals surface area contributed by atoms with Crippen molar-refractivity contribution in [3.63, 3.8) is 0 Å². The summed E-state index contributed by atoms with van der Waals surface area (Å²) in [5.41, 5.74) is 1.81. The van der Waals surface area contributed by atoms with Crippen LogP contribution in [0.15, 0.2) is 54.6 Å². The lowest BCUT2D eigenvalue weighted by Crippen LogP contribution is -2.42. The zero-order valence-electron chi connectivity index (χ0n) is 13.3. The van der Waals surface area contributed by atoms with Gasteiger partial charge in [0.05, 0.1) is 12.6 Å². The standard InChI is InChI=1S/C19H21FN2O2/c20-16-8-6-15(7-9-16)19(10-11-19)13-21-18(24)22-17(12-23)14-4-2-1-3-5-14/h1-9,17,23H,10-13H2,(H2,21,22,24)/t17-/m1/s1. The lowest BCUT2D eigenvalue weighted by atomic mass is 9.96. The molecule has 0 unspecified atom stereocenters. The number of amides is 2. The maximum atomic E-state index is 13.0. The minimum absolute atomic E-state index is 0.0908. The van der Waals surface area contributed by atoms with Gasteiger partial charge in [-0.2, -0.15) is 0 Å². The molecule has 4 nitrogen and oxygen atoms in total. The second-order valence-electron chi connectivity index (χ2n) is 6.26. The van der Waals surface area contributed by atoms with Crippen molar-refractivity contribution >= 4 is 6.03 Å². The number of nitrogens with one attached hydrogen (secondary N) is 2. The topological polar surface area (TPSA) is 61.4 Å². The number of hydrogen-bond donors (Lipinski definition) is 3. The maximum Gasteiger partial charge on any atom is 0.315 e. The molecule has 2 aromatic carbocycles. The molecule has 0 radical (unpaired) electrons. The summed E-state index contributed by atoms with van der Waals surface area (Å²) >= 11 is 0. The third kappa shape index (κ3) is 3.74. The maximum absolute atomic E-state index is 13.0. The average molecular weight is 328 g/mol. The van der Waals surface area contributed by atoms with E-state index < -0.39 is 6.04 Å². The fourth-order valence-corrected chi connectivity index (χ4v) is 2.90. The van der Waals surface area contributed by atoms with E-state index in [1.165, 1.54) is 12.1 Å². The van der Waals surface area contributed by atoms with Crippen molar-refractivity contribution < 1.29 is 14.3 Å². The van der Waals surface area contributed by atoms with Gasteiger partial charge in [-0.05, 0) is 36.1 Å². The van der Waals surface area contributed by atoms with Crippen molar-refractivity contribution in [2.45, 2.75) is 24.3 Å². The third-order valence-electron chi connectivity index (χ3n) is 4.59. The van der Waals surface area contributed by atoms with Crippen LogP contribution < -0.4 is 10.6 Å². The van der Waals surface area contributed by atoms with Crippen molar-refractivity contribution in [3.8, 4) is 0 Å². The van der Waals surface area contributed by atoms with Crippen LogP contribution in [0, 0.1) is 5.82 Å². The van der Waals surface area contributed by atoms with Gasteiger partial charge in [0.25, 0.3) is 0 Å². The van der Waals surface area contributed by atoms with Crippen LogP contribution in [0.3, 0.4) is 0 Å². The molecule has 1 saturated carbocycles. The molecule has 126 valence electrons. The molecule has 0 bridgehead atoms. The third-order valence-corrected chi connectivity index (χ3v) is 4.59. The molecule has 3 N–H and O–H groups in total.